The van der Waals surface area contributed by atoms with E-state index in [4.69, 9.17) is 24.1 Å². The van der Waals surface area contributed by atoms with Crippen molar-refractivity contribution in [1.29, 1.82) is 0 Å². The zero-order valence-electron chi connectivity index (χ0n) is 19.8. The number of halogens is 1. The molecule has 11 heteroatoms. The van der Waals surface area contributed by atoms with Crippen LogP contribution in [0.15, 0.2) is 18.3 Å². The summed E-state index contributed by atoms with van der Waals surface area (Å²) in [6.45, 7) is 6.31. The maximum absolute atomic E-state index is 14.7. The fourth-order valence-corrected chi connectivity index (χ4v) is 3.47. The summed E-state index contributed by atoms with van der Waals surface area (Å²) < 4.78 is 36.6. The largest absolute Gasteiger partial charge is 0.490 e. The number of hydrogen-bond donors (Lipinski definition) is 2. The van der Waals surface area contributed by atoms with E-state index in [1.165, 1.54) is 7.11 Å². The highest BCUT2D eigenvalue weighted by Crippen LogP contribution is 2.39. The van der Waals surface area contributed by atoms with Crippen molar-refractivity contribution < 1.29 is 33.2 Å². The Kier molecular flexibility index (Phi) is 8.69. The number of aryl methyl sites for hydroxylation is 1. The van der Waals surface area contributed by atoms with Gasteiger partial charge in [0.2, 0.25) is 17.4 Å². The molecule has 3 heterocycles. The van der Waals surface area contributed by atoms with Gasteiger partial charge in [0.05, 0.1) is 37.4 Å². The number of nitrogens with zero attached hydrogens (tertiary/aromatic N) is 3. The third kappa shape index (κ3) is 6.37. The molecule has 0 spiro atoms. The summed E-state index contributed by atoms with van der Waals surface area (Å²) in [6, 6.07) is 3.39. The smallest absolute Gasteiger partial charge is 0.410 e. The Hall–Kier alpha value is -3.34. The normalized spacial score (nSPS) is 14.1. The Bertz CT molecular complexity index is 982. The van der Waals surface area contributed by atoms with Gasteiger partial charge < -0.3 is 34.3 Å². The van der Waals surface area contributed by atoms with Crippen LogP contribution in [0.5, 0.6) is 17.4 Å². The fourth-order valence-electron chi connectivity index (χ4n) is 3.47. The number of nitrogens with one attached hydrogen (secondary N) is 1. The van der Waals surface area contributed by atoms with Gasteiger partial charge in [0.25, 0.3) is 0 Å². The number of rotatable bonds is 9. The summed E-state index contributed by atoms with van der Waals surface area (Å²) >= 11 is 0. The molecule has 3 rings (SSSR count). The van der Waals surface area contributed by atoms with E-state index >= 15 is 0 Å². The molecule has 2 aromatic heterocycles. The lowest BCUT2D eigenvalue weighted by Gasteiger charge is -2.32. The zero-order valence-corrected chi connectivity index (χ0v) is 19.8. The van der Waals surface area contributed by atoms with Crippen molar-refractivity contribution in [3.8, 4) is 17.4 Å². The third-order valence-corrected chi connectivity index (χ3v) is 5.13. The number of ether oxygens (including phenoxy) is 4. The van der Waals surface area contributed by atoms with Crippen LogP contribution in [-0.2, 0) is 4.74 Å². The monoisotopic (exact) mass is 478 g/mol. The molecule has 0 bridgehead atoms. The van der Waals surface area contributed by atoms with Gasteiger partial charge in [-0.25, -0.2) is 19.2 Å². The predicted molar refractivity (Wildman–Crippen MR) is 122 cm³/mol. The molecular formula is C23H31FN4O6. The van der Waals surface area contributed by atoms with Crippen LogP contribution >= 0.6 is 0 Å². The molecule has 0 aliphatic carbocycles. The van der Waals surface area contributed by atoms with Crippen LogP contribution < -0.4 is 19.5 Å². The molecule has 0 radical (unpaired) electrons. The first-order valence-electron chi connectivity index (χ1n) is 11.1. The molecule has 34 heavy (non-hydrogen) atoms. The second-order valence-corrected chi connectivity index (χ2v) is 8.03. The van der Waals surface area contributed by atoms with Gasteiger partial charge in [0, 0.05) is 32.0 Å². The molecule has 0 unspecified atom stereocenters. The second kappa shape index (κ2) is 11.7. The highest BCUT2D eigenvalue weighted by atomic mass is 19.1. The van der Waals surface area contributed by atoms with E-state index in [0.29, 0.717) is 43.2 Å². The molecule has 1 fully saturated rings. The number of aliphatic hydroxyl groups is 1. The molecular weight excluding hydrogens is 447 g/mol. The van der Waals surface area contributed by atoms with Crippen molar-refractivity contribution in [1.82, 2.24) is 14.9 Å². The van der Waals surface area contributed by atoms with Crippen molar-refractivity contribution >= 4 is 17.6 Å². The molecule has 0 atom stereocenters. The number of hydrogen-bond acceptors (Lipinski definition) is 9. The van der Waals surface area contributed by atoms with Gasteiger partial charge in [-0.1, -0.05) is 0 Å². The average Bonchev–Trinajstić information content (AvgIpc) is 2.81. The minimum atomic E-state index is -0.647. The van der Waals surface area contributed by atoms with Gasteiger partial charge in [0.15, 0.2) is 11.6 Å². The van der Waals surface area contributed by atoms with Crippen molar-refractivity contribution in [2.75, 3.05) is 38.7 Å². The van der Waals surface area contributed by atoms with E-state index in [9.17, 15) is 9.18 Å². The standard InChI is InChI=1S/C23H31FN4O6/c1-14(2)33-23(30)28-9-7-16(8-10-28)34-20-17(24)13-25-22(21(20)31-4)27-18-5-6-19(26-15(18)3)32-12-11-29/h5-6,13-14,16,29H,7-12H2,1-4H3,(H,25,27). The minimum absolute atomic E-state index is 0.0447. The number of carbonyl (C=O) groups excluding carboxylic acids is 1. The number of piperidine rings is 1. The lowest BCUT2D eigenvalue weighted by molar-refractivity contribution is 0.0501. The topological polar surface area (TPSA) is 115 Å². The van der Waals surface area contributed by atoms with E-state index < -0.39 is 5.82 Å². The summed E-state index contributed by atoms with van der Waals surface area (Å²) in [6.07, 6.45) is 1.28. The Balaban J connectivity index is 1.71. The molecule has 0 saturated carbocycles. The van der Waals surface area contributed by atoms with Gasteiger partial charge >= 0.3 is 6.09 Å². The van der Waals surface area contributed by atoms with Crippen molar-refractivity contribution in [3.05, 3.63) is 29.8 Å². The number of aliphatic hydroxyl groups excluding tert-OH is 1. The van der Waals surface area contributed by atoms with Crippen LogP contribution in [0.25, 0.3) is 0 Å². The first-order chi connectivity index (χ1) is 16.3. The number of methoxy groups -OCH3 is 1. The lowest BCUT2D eigenvalue weighted by atomic mass is 10.1. The van der Waals surface area contributed by atoms with E-state index in [1.54, 1.807) is 37.8 Å². The van der Waals surface area contributed by atoms with Crippen LogP contribution in [0.1, 0.15) is 32.4 Å². The lowest BCUT2D eigenvalue weighted by Crippen LogP contribution is -2.42. The van der Waals surface area contributed by atoms with Crippen LogP contribution in [0.4, 0.5) is 20.7 Å². The van der Waals surface area contributed by atoms with E-state index in [0.717, 1.165) is 6.20 Å². The quantitative estimate of drug-likeness (QED) is 0.559. The SMILES string of the molecule is COc1c(Nc2ccc(OCCO)nc2C)ncc(F)c1OC1CCN(C(=O)OC(C)C)CC1. The molecule has 1 amide bonds. The van der Waals surface area contributed by atoms with Crippen molar-refractivity contribution in [2.24, 2.45) is 0 Å². The second-order valence-electron chi connectivity index (χ2n) is 8.03. The molecule has 186 valence electrons. The van der Waals surface area contributed by atoms with Crippen LogP contribution in [0.2, 0.25) is 0 Å². The minimum Gasteiger partial charge on any atom is -0.490 e. The van der Waals surface area contributed by atoms with Gasteiger partial charge in [-0.3, -0.25) is 0 Å². The summed E-state index contributed by atoms with van der Waals surface area (Å²) in [5.74, 6) is 0.0829. The van der Waals surface area contributed by atoms with Crippen LogP contribution in [0, 0.1) is 12.7 Å². The van der Waals surface area contributed by atoms with E-state index in [1.807, 2.05) is 0 Å². The molecule has 2 N–H and O–H groups in total. The summed E-state index contributed by atoms with van der Waals surface area (Å²) in [5.41, 5.74) is 1.24. The van der Waals surface area contributed by atoms with Crippen LogP contribution in [0.3, 0.4) is 0 Å². The number of pyridine rings is 2. The van der Waals surface area contributed by atoms with Crippen molar-refractivity contribution in [3.63, 3.8) is 0 Å². The molecule has 1 saturated heterocycles. The number of aromatic nitrogens is 2. The summed E-state index contributed by atoms with van der Waals surface area (Å²) in [4.78, 5) is 22.2. The Morgan fingerprint density at radius 3 is 2.65 bits per heavy atom. The number of carbonyl (C=O) groups is 1. The van der Waals surface area contributed by atoms with Gasteiger partial charge in [-0.05, 0) is 26.8 Å². The van der Waals surface area contributed by atoms with E-state index in [2.05, 4.69) is 15.3 Å². The highest BCUT2D eigenvalue weighted by molar-refractivity contribution is 5.68. The first-order valence-corrected chi connectivity index (χ1v) is 11.1. The Morgan fingerprint density at radius 1 is 1.29 bits per heavy atom. The van der Waals surface area contributed by atoms with E-state index in [-0.39, 0.29) is 48.8 Å². The molecule has 1 aliphatic rings. The van der Waals surface area contributed by atoms with Gasteiger partial charge in [-0.15, -0.1) is 0 Å². The van der Waals surface area contributed by atoms with Crippen molar-refractivity contribution in [2.45, 2.75) is 45.8 Å². The molecule has 2 aromatic rings. The summed E-state index contributed by atoms with van der Waals surface area (Å²) in [7, 11) is 1.41. The zero-order chi connectivity index (χ0) is 24.7. The number of likely N-dealkylation sites (tertiary alicyclic amines) is 1. The molecule has 1 aliphatic heterocycles. The predicted octanol–water partition coefficient (Wildman–Crippen LogP) is 3.44. The maximum atomic E-state index is 14.7. The fraction of sp³-hybridized carbons (Fsp3) is 0.522. The average molecular weight is 479 g/mol. The Morgan fingerprint density at radius 2 is 2.03 bits per heavy atom. The maximum Gasteiger partial charge on any atom is 0.410 e. The number of anilines is 2. The molecule has 0 aromatic carbocycles. The van der Waals surface area contributed by atoms with Gasteiger partial charge in [0.1, 0.15) is 12.7 Å². The summed E-state index contributed by atoms with van der Waals surface area (Å²) in [5, 5.41) is 12.0. The first kappa shape index (κ1) is 25.3. The van der Waals surface area contributed by atoms with Crippen LogP contribution in [-0.4, -0.2) is 71.7 Å². The number of amides is 1. The van der Waals surface area contributed by atoms with Gasteiger partial charge in [-0.2, -0.15) is 0 Å². The third-order valence-electron chi connectivity index (χ3n) is 5.13. The Labute approximate surface area is 198 Å². The highest BCUT2D eigenvalue weighted by Gasteiger charge is 2.28. The molecule has 10 nitrogen and oxygen atoms in total.